The molecule has 0 atom stereocenters. The van der Waals surface area contributed by atoms with Crippen LogP contribution in [0, 0.1) is 10.8 Å². The minimum absolute atomic E-state index is 0.485. The van der Waals surface area contributed by atoms with E-state index >= 15 is 0 Å². The van der Waals surface area contributed by atoms with Gasteiger partial charge in [0, 0.05) is 0 Å². The molecule has 1 saturated carbocycles. The summed E-state index contributed by atoms with van der Waals surface area (Å²) in [5, 5.41) is 0. The average Bonchev–Trinajstić information content (AvgIpc) is 2.15. The molecule has 0 aromatic carbocycles. The van der Waals surface area contributed by atoms with Gasteiger partial charge in [0.2, 0.25) is 0 Å². The molecular formula is C10H18O. The maximum absolute atomic E-state index is 5.58. The van der Waals surface area contributed by atoms with Gasteiger partial charge in [-0.15, -0.1) is 0 Å². The summed E-state index contributed by atoms with van der Waals surface area (Å²) in [5.41, 5.74) is 1.08. The Kier molecular flexibility index (Phi) is 1.39. The fourth-order valence-electron chi connectivity index (χ4n) is 2.76. The van der Waals surface area contributed by atoms with Crippen molar-refractivity contribution in [1.29, 1.82) is 0 Å². The van der Waals surface area contributed by atoms with Crippen molar-refractivity contribution in [2.24, 2.45) is 10.8 Å². The highest BCUT2D eigenvalue weighted by atomic mass is 16.5. The number of hydrogen-bond acceptors (Lipinski definition) is 1. The van der Waals surface area contributed by atoms with E-state index in [0.717, 1.165) is 6.61 Å². The molecule has 2 heterocycles. The van der Waals surface area contributed by atoms with Crippen LogP contribution in [0.15, 0.2) is 0 Å². The Morgan fingerprint density at radius 3 is 2.36 bits per heavy atom. The average molecular weight is 154 g/mol. The van der Waals surface area contributed by atoms with Crippen molar-refractivity contribution >= 4 is 0 Å². The van der Waals surface area contributed by atoms with Gasteiger partial charge in [-0.05, 0) is 30.1 Å². The highest BCUT2D eigenvalue weighted by molar-refractivity contribution is 5.01. The Balaban J connectivity index is 1.96. The fraction of sp³-hybridized carbons (Fsp3) is 1.00. The summed E-state index contributed by atoms with van der Waals surface area (Å²) in [4.78, 5) is 0. The molecule has 3 aliphatic rings. The molecule has 3 rings (SSSR count). The first-order valence-corrected chi connectivity index (χ1v) is 4.61. The normalized spacial score (nSPS) is 42.3. The molecule has 0 radical (unpaired) electrons. The Morgan fingerprint density at radius 2 is 2.00 bits per heavy atom. The predicted octanol–water partition coefficient (Wildman–Crippen LogP) is 2.60. The molecule has 3 fully saturated rings. The molecule has 1 heteroatoms. The van der Waals surface area contributed by atoms with Crippen LogP contribution >= 0.6 is 0 Å². The van der Waals surface area contributed by atoms with Crippen LogP contribution in [0.2, 0.25) is 0 Å². The molecular weight excluding hydrogens is 136 g/mol. The van der Waals surface area contributed by atoms with Crippen LogP contribution in [0.5, 0.6) is 0 Å². The molecule has 2 aliphatic heterocycles. The third kappa shape index (κ3) is 1.31. The zero-order valence-electron chi connectivity index (χ0n) is 7.81. The molecule has 2 bridgehead atoms. The molecule has 2 saturated heterocycles. The first kappa shape index (κ1) is 7.60. The van der Waals surface area contributed by atoms with Crippen molar-refractivity contribution in [3.05, 3.63) is 0 Å². The summed E-state index contributed by atoms with van der Waals surface area (Å²) >= 11 is 0. The monoisotopic (exact) mass is 154 g/mol. The van der Waals surface area contributed by atoms with E-state index in [4.69, 9.17) is 4.74 Å². The first-order chi connectivity index (χ1) is 4.99. The van der Waals surface area contributed by atoms with Gasteiger partial charge < -0.3 is 4.74 Å². The van der Waals surface area contributed by atoms with E-state index in [9.17, 15) is 0 Å². The maximum atomic E-state index is 5.58. The summed E-state index contributed by atoms with van der Waals surface area (Å²) in [6.07, 6.45) is 4.66. The quantitative estimate of drug-likeness (QED) is 0.564. The van der Waals surface area contributed by atoms with Crippen LogP contribution in [-0.2, 0) is 4.74 Å². The predicted molar refractivity (Wildman–Crippen MR) is 45.5 cm³/mol. The van der Waals surface area contributed by atoms with Crippen molar-refractivity contribution < 1.29 is 4.74 Å². The van der Waals surface area contributed by atoms with E-state index in [0.29, 0.717) is 16.9 Å². The maximum Gasteiger partial charge on any atom is 0.0587 e. The molecule has 0 spiro atoms. The van der Waals surface area contributed by atoms with Gasteiger partial charge in [0.25, 0.3) is 0 Å². The largest absolute Gasteiger partial charge is 0.378 e. The summed E-state index contributed by atoms with van der Waals surface area (Å²) in [6.45, 7) is 8.02. The second kappa shape index (κ2) is 2.01. The molecule has 0 amide bonds. The zero-order valence-corrected chi connectivity index (χ0v) is 7.81. The van der Waals surface area contributed by atoms with Crippen molar-refractivity contribution in [3.63, 3.8) is 0 Å². The van der Waals surface area contributed by atoms with Crippen molar-refractivity contribution in [1.82, 2.24) is 0 Å². The standard InChI is InChI=1S/C10H18O/c1-9(2,3)6-10-4-8(5-10)11-7-10/h8H,4-7H2,1-3H3. The lowest BCUT2D eigenvalue weighted by atomic mass is 9.63. The van der Waals surface area contributed by atoms with Gasteiger partial charge in [-0.1, -0.05) is 20.8 Å². The molecule has 0 aromatic heterocycles. The molecule has 0 N–H and O–H groups in total. The van der Waals surface area contributed by atoms with E-state index in [1.165, 1.54) is 19.3 Å². The second-order valence-corrected chi connectivity index (χ2v) is 5.58. The van der Waals surface area contributed by atoms with E-state index in [1.54, 1.807) is 0 Å². The van der Waals surface area contributed by atoms with Crippen LogP contribution in [0.3, 0.4) is 0 Å². The van der Waals surface area contributed by atoms with Gasteiger partial charge in [-0.2, -0.15) is 0 Å². The smallest absolute Gasteiger partial charge is 0.0587 e. The third-order valence-corrected chi connectivity index (χ3v) is 2.85. The fourth-order valence-corrected chi connectivity index (χ4v) is 2.76. The Bertz CT molecular complexity index is 155. The lowest BCUT2D eigenvalue weighted by molar-refractivity contribution is 0.0908. The van der Waals surface area contributed by atoms with Crippen molar-refractivity contribution in [3.8, 4) is 0 Å². The Morgan fingerprint density at radius 1 is 1.36 bits per heavy atom. The van der Waals surface area contributed by atoms with Gasteiger partial charge in [0.15, 0.2) is 0 Å². The Labute approximate surface area is 69.1 Å². The van der Waals surface area contributed by atoms with Gasteiger partial charge in [0.1, 0.15) is 0 Å². The van der Waals surface area contributed by atoms with E-state index in [1.807, 2.05) is 0 Å². The molecule has 11 heavy (non-hydrogen) atoms. The molecule has 1 nitrogen and oxygen atoms in total. The van der Waals surface area contributed by atoms with E-state index in [-0.39, 0.29) is 0 Å². The van der Waals surface area contributed by atoms with E-state index in [2.05, 4.69) is 20.8 Å². The zero-order chi connectivity index (χ0) is 8.11. The molecule has 0 unspecified atom stereocenters. The second-order valence-electron chi connectivity index (χ2n) is 5.58. The lowest BCUT2D eigenvalue weighted by Gasteiger charge is -2.40. The van der Waals surface area contributed by atoms with Crippen molar-refractivity contribution in [2.45, 2.75) is 46.1 Å². The highest BCUT2D eigenvalue weighted by Crippen LogP contribution is 2.55. The van der Waals surface area contributed by atoms with Crippen LogP contribution in [0.1, 0.15) is 40.0 Å². The number of rotatable bonds is 1. The van der Waals surface area contributed by atoms with Gasteiger partial charge in [0.05, 0.1) is 12.7 Å². The Hall–Kier alpha value is -0.0400. The summed E-state index contributed by atoms with van der Waals surface area (Å²) < 4.78 is 5.58. The van der Waals surface area contributed by atoms with Crippen LogP contribution in [-0.4, -0.2) is 12.7 Å². The van der Waals surface area contributed by atoms with E-state index < -0.39 is 0 Å². The number of hydrogen-bond donors (Lipinski definition) is 0. The third-order valence-electron chi connectivity index (χ3n) is 2.85. The van der Waals surface area contributed by atoms with Gasteiger partial charge in [-0.25, -0.2) is 0 Å². The summed E-state index contributed by atoms with van der Waals surface area (Å²) in [5.74, 6) is 0. The summed E-state index contributed by atoms with van der Waals surface area (Å²) in [7, 11) is 0. The van der Waals surface area contributed by atoms with Crippen LogP contribution in [0.4, 0.5) is 0 Å². The number of ether oxygens (including phenoxy) is 1. The van der Waals surface area contributed by atoms with Crippen molar-refractivity contribution in [2.75, 3.05) is 6.61 Å². The minimum atomic E-state index is 0.485. The SMILES string of the molecule is CC(C)(C)CC12COC(C1)C2. The van der Waals surface area contributed by atoms with Crippen LogP contribution in [0.25, 0.3) is 0 Å². The highest BCUT2D eigenvalue weighted by Gasteiger charge is 2.52. The van der Waals surface area contributed by atoms with Crippen LogP contribution < -0.4 is 0 Å². The molecule has 64 valence electrons. The minimum Gasteiger partial charge on any atom is -0.378 e. The first-order valence-electron chi connectivity index (χ1n) is 4.61. The lowest BCUT2D eigenvalue weighted by Crippen LogP contribution is -2.36. The topological polar surface area (TPSA) is 9.23 Å². The van der Waals surface area contributed by atoms with Gasteiger partial charge >= 0.3 is 0 Å². The van der Waals surface area contributed by atoms with Gasteiger partial charge in [-0.3, -0.25) is 0 Å². The molecule has 0 aromatic rings. The molecule has 1 aliphatic carbocycles. The summed E-state index contributed by atoms with van der Waals surface area (Å²) in [6, 6.07) is 0. The number of fused-ring (bicyclic) bond motifs is 1.